The highest BCUT2D eigenvalue weighted by atomic mass is 16.1. The third kappa shape index (κ3) is 8.63. The number of carbonyl (C=O) groups excluding carboxylic acids is 2. The quantitative estimate of drug-likeness (QED) is 0.115. The van der Waals surface area contributed by atoms with Crippen LogP contribution in [0.2, 0.25) is 0 Å². The average Bonchev–Trinajstić information content (AvgIpc) is 3.45. The zero-order chi connectivity index (χ0) is 47.2. The molecule has 11 aromatic carbocycles. The summed E-state index contributed by atoms with van der Waals surface area (Å²) < 4.78 is 0. The van der Waals surface area contributed by atoms with Gasteiger partial charge in [0.05, 0.1) is 0 Å². The predicted molar refractivity (Wildman–Crippen MR) is 290 cm³/mol. The first-order chi connectivity index (χ1) is 34.6. The van der Waals surface area contributed by atoms with Gasteiger partial charge in [-0.15, -0.1) is 0 Å². The van der Waals surface area contributed by atoms with E-state index < -0.39 is 0 Å². The first kappa shape index (κ1) is 43.3. The Kier molecular flexibility index (Phi) is 12.1. The highest BCUT2D eigenvalue weighted by Gasteiger charge is 2.23. The Balaban J connectivity index is 1.10. The van der Waals surface area contributed by atoms with E-state index in [1.54, 1.807) is 0 Å². The number of ketones is 2. The van der Waals surface area contributed by atoms with Gasteiger partial charge in [0, 0.05) is 22.3 Å². The molecule has 0 saturated carbocycles. The van der Waals surface area contributed by atoms with E-state index in [1.165, 1.54) is 0 Å². The van der Waals surface area contributed by atoms with Gasteiger partial charge in [0.25, 0.3) is 0 Å². The lowest BCUT2D eigenvalue weighted by Crippen LogP contribution is -2.01. The third-order valence-electron chi connectivity index (χ3n) is 13.2. The van der Waals surface area contributed by atoms with Crippen molar-refractivity contribution in [3.63, 3.8) is 0 Å². The highest BCUT2D eigenvalue weighted by Crippen LogP contribution is 2.49. The maximum absolute atomic E-state index is 13.6. The molecule has 330 valence electrons. The molecule has 2 nitrogen and oxygen atoms in total. The van der Waals surface area contributed by atoms with Crippen LogP contribution in [0.15, 0.2) is 279 Å². The Morgan fingerprint density at radius 2 is 0.357 bits per heavy atom. The number of rotatable bonds is 12. The van der Waals surface area contributed by atoms with Crippen molar-refractivity contribution in [3.05, 3.63) is 301 Å². The van der Waals surface area contributed by atoms with Crippen molar-refractivity contribution in [1.82, 2.24) is 0 Å². The Labute approximate surface area is 409 Å². The molecule has 0 spiro atoms. The van der Waals surface area contributed by atoms with E-state index in [0.29, 0.717) is 22.3 Å². The number of hydrogen-bond acceptors (Lipinski definition) is 2. The van der Waals surface area contributed by atoms with E-state index >= 15 is 0 Å². The van der Waals surface area contributed by atoms with E-state index in [1.807, 2.05) is 84.9 Å². The molecule has 0 aliphatic heterocycles. The van der Waals surface area contributed by atoms with Gasteiger partial charge in [-0.3, -0.25) is 9.59 Å². The van der Waals surface area contributed by atoms with Crippen LogP contribution in [-0.4, -0.2) is 11.6 Å². The summed E-state index contributed by atoms with van der Waals surface area (Å²) >= 11 is 0. The lowest BCUT2D eigenvalue weighted by atomic mass is 9.81. The van der Waals surface area contributed by atoms with Crippen LogP contribution in [0, 0.1) is 0 Å². The molecule has 0 N–H and O–H groups in total. The van der Waals surface area contributed by atoms with Gasteiger partial charge in [0.15, 0.2) is 11.6 Å². The predicted octanol–water partition coefficient (Wildman–Crippen LogP) is 17.5. The molecule has 0 aromatic heterocycles. The van der Waals surface area contributed by atoms with Gasteiger partial charge in [-0.25, -0.2) is 0 Å². The van der Waals surface area contributed by atoms with Crippen LogP contribution in [0.4, 0.5) is 0 Å². The Bertz CT molecular complexity index is 3590. The van der Waals surface area contributed by atoms with E-state index in [4.69, 9.17) is 0 Å². The fraction of sp³-hybridized carbons (Fsp3) is 0. The van der Waals surface area contributed by atoms with Crippen LogP contribution in [-0.2, 0) is 0 Å². The molecule has 0 fully saturated rings. The number of hydrogen-bond donors (Lipinski definition) is 0. The number of benzene rings is 11. The molecular formula is C68H46O2. The molecule has 0 amide bonds. The molecule has 0 heterocycles. The second-order valence-corrected chi connectivity index (χ2v) is 17.4. The van der Waals surface area contributed by atoms with Gasteiger partial charge in [0.2, 0.25) is 0 Å². The molecule has 0 aliphatic carbocycles. The highest BCUT2D eigenvalue weighted by molar-refractivity contribution is 6.11. The summed E-state index contributed by atoms with van der Waals surface area (Å²) in [7, 11) is 0. The molecule has 2 heteroatoms. The molecule has 0 radical (unpaired) electrons. The molecule has 11 aromatic rings. The maximum Gasteiger partial charge on any atom is 0.193 e. The SMILES string of the molecule is O=C(c1ccccc1)c1ccc(-c2ccc(-c3ccccc3)c(-c3ccc(-c4c(-c5ccc(C(=O)c6ccccc6)cc5)ccc(-c5ccccc5)c4-c4ccccc4)cc3)c2-c2ccccc2)cc1. The summed E-state index contributed by atoms with van der Waals surface area (Å²) in [6, 6.07) is 95.5. The van der Waals surface area contributed by atoms with Gasteiger partial charge in [-0.05, 0) is 89.0 Å². The van der Waals surface area contributed by atoms with Crippen LogP contribution in [0.1, 0.15) is 31.8 Å². The Morgan fingerprint density at radius 3 is 0.629 bits per heavy atom. The zero-order valence-corrected chi connectivity index (χ0v) is 38.4. The Morgan fingerprint density at radius 1 is 0.171 bits per heavy atom. The largest absolute Gasteiger partial charge is 0.289 e. The summed E-state index contributed by atoms with van der Waals surface area (Å²) in [6.45, 7) is 0. The van der Waals surface area contributed by atoms with Gasteiger partial charge in [0.1, 0.15) is 0 Å². The monoisotopic (exact) mass is 894 g/mol. The molecule has 0 atom stereocenters. The van der Waals surface area contributed by atoms with Gasteiger partial charge in [-0.1, -0.05) is 279 Å². The Hall–Kier alpha value is -9.24. The lowest BCUT2D eigenvalue weighted by molar-refractivity contribution is 0.103. The zero-order valence-electron chi connectivity index (χ0n) is 38.4. The molecule has 11 rings (SSSR count). The first-order valence-electron chi connectivity index (χ1n) is 23.7. The summed E-state index contributed by atoms with van der Waals surface area (Å²) in [5.41, 5.74) is 20.1. The molecule has 0 saturated heterocycles. The van der Waals surface area contributed by atoms with E-state index in [2.05, 4.69) is 194 Å². The summed E-state index contributed by atoms with van der Waals surface area (Å²) in [4.78, 5) is 27.1. The van der Waals surface area contributed by atoms with Crippen LogP contribution < -0.4 is 0 Å². The molecular weight excluding hydrogens is 849 g/mol. The smallest absolute Gasteiger partial charge is 0.193 e. The van der Waals surface area contributed by atoms with Crippen molar-refractivity contribution in [1.29, 1.82) is 0 Å². The molecule has 0 bridgehead atoms. The first-order valence-corrected chi connectivity index (χ1v) is 23.7. The van der Waals surface area contributed by atoms with Crippen molar-refractivity contribution in [2.24, 2.45) is 0 Å². The van der Waals surface area contributed by atoms with E-state index in [9.17, 15) is 9.59 Å². The van der Waals surface area contributed by atoms with Gasteiger partial charge < -0.3 is 0 Å². The summed E-state index contributed by atoms with van der Waals surface area (Å²) in [5.74, 6) is -0.00459. The van der Waals surface area contributed by atoms with Crippen molar-refractivity contribution < 1.29 is 9.59 Å². The molecule has 0 unspecified atom stereocenters. The summed E-state index contributed by atoms with van der Waals surface area (Å²) in [6.07, 6.45) is 0. The number of carbonyl (C=O) groups is 2. The second-order valence-electron chi connectivity index (χ2n) is 17.4. The van der Waals surface area contributed by atoms with Crippen LogP contribution in [0.5, 0.6) is 0 Å². The minimum Gasteiger partial charge on any atom is -0.289 e. The minimum atomic E-state index is -0.00338. The topological polar surface area (TPSA) is 34.1 Å². The summed E-state index contributed by atoms with van der Waals surface area (Å²) in [5, 5.41) is 0. The second kappa shape index (κ2) is 19.5. The minimum absolute atomic E-state index is 0.00121. The maximum atomic E-state index is 13.6. The van der Waals surface area contributed by atoms with Gasteiger partial charge >= 0.3 is 0 Å². The van der Waals surface area contributed by atoms with Gasteiger partial charge in [-0.2, -0.15) is 0 Å². The third-order valence-corrected chi connectivity index (χ3v) is 13.2. The van der Waals surface area contributed by atoms with Crippen molar-refractivity contribution in [2.45, 2.75) is 0 Å². The van der Waals surface area contributed by atoms with Crippen molar-refractivity contribution in [2.75, 3.05) is 0 Å². The van der Waals surface area contributed by atoms with Crippen molar-refractivity contribution in [3.8, 4) is 89.0 Å². The van der Waals surface area contributed by atoms with Crippen LogP contribution in [0.3, 0.4) is 0 Å². The van der Waals surface area contributed by atoms with E-state index in [0.717, 1.165) is 89.0 Å². The van der Waals surface area contributed by atoms with E-state index in [-0.39, 0.29) is 11.6 Å². The average molecular weight is 895 g/mol. The van der Waals surface area contributed by atoms with Crippen molar-refractivity contribution >= 4 is 11.6 Å². The van der Waals surface area contributed by atoms with Crippen LogP contribution in [0.25, 0.3) is 89.0 Å². The standard InChI is InChI=1S/C68H46O2/c69-67(55-27-15-5-16-28-55)57-39-31-49(32-40-57)61-45-44-60(48-21-9-2-10-22-48)65(64(61)52-25-13-4-14-26-52)53-35-37-54(38-36-53)66-62(50-33-41-58(42-34-50)68(70)56-29-17-6-18-30-56)46-43-59(47-19-7-1-8-20-47)63(66)51-23-11-3-12-24-51/h1-46H. The molecule has 70 heavy (non-hydrogen) atoms. The fourth-order valence-electron chi connectivity index (χ4n) is 9.73. The fourth-order valence-corrected chi connectivity index (χ4v) is 9.73. The van der Waals surface area contributed by atoms with Crippen LogP contribution >= 0.6 is 0 Å². The molecule has 0 aliphatic rings. The lowest BCUT2D eigenvalue weighted by Gasteiger charge is -2.22. The normalized spacial score (nSPS) is 11.0.